The van der Waals surface area contributed by atoms with Crippen molar-refractivity contribution in [3.8, 4) is 0 Å². The topological polar surface area (TPSA) is 12.9 Å². The summed E-state index contributed by atoms with van der Waals surface area (Å²) >= 11 is 0. The van der Waals surface area contributed by atoms with Gasteiger partial charge in [-0.1, -0.05) is 31.2 Å². The van der Waals surface area contributed by atoms with E-state index in [1.54, 1.807) is 0 Å². The third kappa shape index (κ3) is 1.07. The molecule has 1 aromatic heterocycles. The summed E-state index contributed by atoms with van der Waals surface area (Å²) < 4.78 is 0. The van der Waals surface area contributed by atoms with Gasteiger partial charge < -0.3 is 0 Å². The highest BCUT2D eigenvalue weighted by Crippen LogP contribution is 2.16. The van der Waals surface area contributed by atoms with Crippen molar-refractivity contribution in [3.63, 3.8) is 0 Å². The van der Waals surface area contributed by atoms with Gasteiger partial charge in [0, 0.05) is 18.0 Å². The molecule has 0 N–H and O–H groups in total. The van der Waals surface area contributed by atoms with E-state index in [2.05, 4.69) is 17.1 Å². The Labute approximate surface area is 72.1 Å². The van der Waals surface area contributed by atoms with Crippen molar-refractivity contribution in [3.05, 3.63) is 48.6 Å². The van der Waals surface area contributed by atoms with E-state index in [4.69, 9.17) is 0 Å². The lowest BCUT2D eigenvalue weighted by Gasteiger charge is -2.00. The Morgan fingerprint density at radius 3 is 2.83 bits per heavy atom. The fourth-order valence-corrected chi connectivity index (χ4v) is 1.37. The molecule has 1 nitrogen and oxygen atoms in total. The zero-order valence-corrected chi connectivity index (χ0v) is 6.99. The SMILES string of the molecule is C[CH]c1nccc2ccccc12. The fourth-order valence-electron chi connectivity index (χ4n) is 1.37. The van der Waals surface area contributed by atoms with E-state index < -0.39 is 0 Å². The number of benzene rings is 1. The van der Waals surface area contributed by atoms with Crippen LogP contribution in [0, 0.1) is 6.42 Å². The van der Waals surface area contributed by atoms with E-state index >= 15 is 0 Å². The Hall–Kier alpha value is -1.37. The lowest BCUT2D eigenvalue weighted by atomic mass is 10.1. The maximum atomic E-state index is 4.27. The van der Waals surface area contributed by atoms with E-state index in [9.17, 15) is 0 Å². The second kappa shape index (κ2) is 2.94. The predicted molar refractivity (Wildman–Crippen MR) is 50.8 cm³/mol. The second-order valence-electron chi connectivity index (χ2n) is 2.71. The molecule has 1 aromatic carbocycles. The first kappa shape index (κ1) is 7.29. The molecule has 0 unspecified atom stereocenters. The van der Waals surface area contributed by atoms with Gasteiger partial charge in [-0.3, -0.25) is 4.98 Å². The fraction of sp³-hybridized carbons (Fsp3) is 0.0909. The molecule has 0 saturated heterocycles. The van der Waals surface area contributed by atoms with Gasteiger partial charge >= 0.3 is 0 Å². The summed E-state index contributed by atoms with van der Waals surface area (Å²) in [7, 11) is 0. The lowest BCUT2D eigenvalue weighted by Crippen LogP contribution is -1.85. The Morgan fingerprint density at radius 1 is 1.17 bits per heavy atom. The Morgan fingerprint density at radius 2 is 2.00 bits per heavy atom. The first-order chi connectivity index (χ1) is 5.92. The van der Waals surface area contributed by atoms with E-state index in [1.807, 2.05) is 37.7 Å². The van der Waals surface area contributed by atoms with Crippen LogP contribution in [0.2, 0.25) is 0 Å². The van der Waals surface area contributed by atoms with E-state index in [0.29, 0.717) is 0 Å². The zero-order valence-electron chi connectivity index (χ0n) is 6.99. The summed E-state index contributed by atoms with van der Waals surface area (Å²) in [5, 5.41) is 2.48. The Kier molecular flexibility index (Phi) is 1.78. The van der Waals surface area contributed by atoms with Gasteiger partial charge in [-0.05, 0) is 11.5 Å². The molecule has 0 atom stereocenters. The average molecular weight is 156 g/mol. The summed E-state index contributed by atoms with van der Waals surface area (Å²) in [6.07, 6.45) is 3.88. The first-order valence-corrected chi connectivity index (χ1v) is 4.05. The third-order valence-electron chi connectivity index (χ3n) is 1.98. The van der Waals surface area contributed by atoms with E-state index in [-0.39, 0.29) is 0 Å². The molecule has 0 amide bonds. The Bertz CT molecular complexity index is 388. The highest BCUT2D eigenvalue weighted by atomic mass is 14.7. The molecular formula is C11H10N. The first-order valence-electron chi connectivity index (χ1n) is 4.05. The molecule has 0 fully saturated rings. The minimum atomic E-state index is 1.06. The van der Waals surface area contributed by atoms with Crippen molar-refractivity contribution >= 4 is 10.8 Å². The minimum absolute atomic E-state index is 1.06. The van der Waals surface area contributed by atoms with Crippen LogP contribution in [0.15, 0.2) is 36.5 Å². The van der Waals surface area contributed by atoms with Crippen LogP contribution in [0.3, 0.4) is 0 Å². The van der Waals surface area contributed by atoms with Crippen molar-refractivity contribution in [2.24, 2.45) is 0 Å². The zero-order chi connectivity index (χ0) is 8.39. The van der Waals surface area contributed by atoms with Gasteiger partial charge in [0.25, 0.3) is 0 Å². The maximum Gasteiger partial charge on any atom is 0.0516 e. The quantitative estimate of drug-likeness (QED) is 0.618. The van der Waals surface area contributed by atoms with Crippen molar-refractivity contribution < 1.29 is 0 Å². The molecule has 12 heavy (non-hydrogen) atoms. The van der Waals surface area contributed by atoms with Crippen LogP contribution < -0.4 is 0 Å². The normalized spacial score (nSPS) is 10.4. The number of aromatic nitrogens is 1. The number of hydrogen-bond acceptors (Lipinski definition) is 1. The number of hydrogen-bond donors (Lipinski definition) is 0. The molecule has 0 spiro atoms. The number of nitrogens with zero attached hydrogens (tertiary/aromatic N) is 1. The molecule has 2 aromatic rings. The molecule has 0 saturated carbocycles. The molecule has 59 valence electrons. The third-order valence-corrected chi connectivity index (χ3v) is 1.98. The van der Waals surface area contributed by atoms with E-state index in [0.717, 1.165) is 5.69 Å². The van der Waals surface area contributed by atoms with Gasteiger partial charge in [-0.25, -0.2) is 0 Å². The van der Waals surface area contributed by atoms with Gasteiger partial charge in [0.15, 0.2) is 0 Å². The average Bonchev–Trinajstić information content (AvgIpc) is 2.17. The summed E-state index contributed by atoms with van der Waals surface area (Å²) in [5.41, 5.74) is 1.06. The molecular weight excluding hydrogens is 146 g/mol. The van der Waals surface area contributed by atoms with Gasteiger partial charge in [0.2, 0.25) is 0 Å². The lowest BCUT2D eigenvalue weighted by molar-refractivity contribution is 1.23. The monoisotopic (exact) mass is 156 g/mol. The molecule has 0 bridgehead atoms. The molecule has 0 aliphatic carbocycles. The van der Waals surface area contributed by atoms with Gasteiger partial charge in [0.1, 0.15) is 0 Å². The van der Waals surface area contributed by atoms with Crippen molar-refractivity contribution in [2.45, 2.75) is 6.92 Å². The smallest absolute Gasteiger partial charge is 0.0516 e. The van der Waals surface area contributed by atoms with Crippen LogP contribution in [0.1, 0.15) is 12.6 Å². The molecule has 1 heterocycles. The highest BCUT2D eigenvalue weighted by molar-refractivity contribution is 5.85. The predicted octanol–water partition coefficient (Wildman–Crippen LogP) is 2.81. The van der Waals surface area contributed by atoms with Crippen LogP contribution in [0.4, 0.5) is 0 Å². The summed E-state index contributed by atoms with van der Waals surface area (Å²) in [6, 6.07) is 10.3. The minimum Gasteiger partial charge on any atom is -0.260 e. The van der Waals surface area contributed by atoms with Gasteiger partial charge in [-0.2, -0.15) is 0 Å². The molecule has 1 heteroatoms. The largest absolute Gasteiger partial charge is 0.260 e. The van der Waals surface area contributed by atoms with Crippen molar-refractivity contribution in [1.29, 1.82) is 0 Å². The molecule has 0 aliphatic heterocycles. The van der Waals surface area contributed by atoms with Crippen LogP contribution in [0.5, 0.6) is 0 Å². The van der Waals surface area contributed by atoms with Gasteiger partial charge in [0.05, 0.1) is 5.69 Å². The van der Waals surface area contributed by atoms with Crippen molar-refractivity contribution in [1.82, 2.24) is 4.98 Å². The Balaban J connectivity index is 2.79. The standard InChI is InChI=1S/C11H10N/c1-2-11-10-6-4-3-5-9(10)7-8-12-11/h2-8H,1H3. The second-order valence-corrected chi connectivity index (χ2v) is 2.71. The van der Waals surface area contributed by atoms with Gasteiger partial charge in [-0.15, -0.1) is 0 Å². The van der Waals surface area contributed by atoms with Crippen LogP contribution in [-0.4, -0.2) is 4.98 Å². The number of pyridine rings is 1. The molecule has 0 aliphatic rings. The van der Waals surface area contributed by atoms with Crippen LogP contribution >= 0.6 is 0 Å². The summed E-state index contributed by atoms with van der Waals surface area (Å²) in [4.78, 5) is 4.27. The highest BCUT2D eigenvalue weighted by Gasteiger charge is 1.97. The molecule has 2 rings (SSSR count). The van der Waals surface area contributed by atoms with E-state index in [1.165, 1.54) is 10.8 Å². The summed E-state index contributed by atoms with van der Waals surface area (Å²) in [6.45, 7) is 2.01. The van der Waals surface area contributed by atoms with Crippen LogP contribution in [-0.2, 0) is 0 Å². The van der Waals surface area contributed by atoms with Crippen LogP contribution in [0.25, 0.3) is 10.8 Å². The van der Waals surface area contributed by atoms with Crippen molar-refractivity contribution in [2.75, 3.05) is 0 Å². The maximum absolute atomic E-state index is 4.27. The summed E-state index contributed by atoms with van der Waals surface area (Å²) in [5.74, 6) is 0. The molecule has 1 radical (unpaired) electrons. The number of fused-ring (bicyclic) bond motifs is 1. The number of rotatable bonds is 1.